The summed E-state index contributed by atoms with van der Waals surface area (Å²) in [6.07, 6.45) is 0.672. The lowest BCUT2D eigenvalue weighted by atomic mass is 9.99. The van der Waals surface area contributed by atoms with E-state index in [1.807, 2.05) is 30.3 Å². The van der Waals surface area contributed by atoms with Gasteiger partial charge in [0.2, 0.25) is 0 Å². The van der Waals surface area contributed by atoms with Crippen LogP contribution in [0.2, 0.25) is 10.0 Å². The molecule has 2 aromatic rings. The van der Waals surface area contributed by atoms with Crippen molar-refractivity contribution in [2.75, 3.05) is 7.11 Å². The standard InChI is InChI=1S/C15H15BrCl2N2O/c1-21-13-2-3-14(16)9(6-13)7-15(20-19)10-4-11(17)8-12(18)5-10/h2-6,8,15,20H,7,19H2,1H3. The van der Waals surface area contributed by atoms with E-state index in [0.717, 1.165) is 21.3 Å². The molecule has 3 nitrogen and oxygen atoms in total. The van der Waals surface area contributed by atoms with Crippen LogP contribution >= 0.6 is 39.1 Å². The van der Waals surface area contributed by atoms with Gasteiger partial charge in [0, 0.05) is 14.5 Å². The molecule has 0 radical (unpaired) electrons. The molecule has 2 rings (SSSR count). The quantitative estimate of drug-likeness (QED) is 0.584. The Hall–Kier alpha value is -0.780. The van der Waals surface area contributed by atoms with E-state index in [2.05, 4.69) is 21.4 Å². The van der Waals surface area contributed by atoms with Gasteiger partial charge in [-0.1, -0.05) is 39.1 Å². The zero-order chi connectivity index (χ0) is 15.4. The summed E-state index contributed by atoms with van der Waals surface area (Å²) in [6.45, 7) is 0. The predicted molar refractivity (Wildman–Crippen MR) is 90.9 cm³/mol. The molecule has 21 heavy (non-hydrogen) atoms. The van der Waals surface area contributed by atoms with Gasteiger partial charge in [0.1, 0.15) is 5.75 Å². The van der Waals surface area contributed by atoms with E-state index in [1.165, 1.54) is 0 Å². The minimum atomic E-state index is -0.107. The molecule has 0 saturated heterocycles. The molecule has 0 amide bonds. The molecule has 3 N–H and O–H groups in total. The Kier molecular flexibility index (Phi) is 5.90. The van der Waals surface area contributed by atoms with Gasteiger partial charge in [0.05, 0.1) is 13.2 Å². The fourth-order valence-electron chi connectivity index (χ4n) is 2.10. The van der Waals surface area contributed by atoms with E-state index in [9.17, 15) is 0 Å². The predicted octanol–water partition coefficient (Wildman–Crippen LogP) is 4.51. The van der Waals surface area contributed by atoms with Gasteiger partial charge in [0.15, 0.2) is 0 Å². The second-order valence-electron chi connectivity index (χ2n) is 4.58. The van der Waals surface area contributed by atoms with E-state index in [4.69, 9.17) is 33.8 Å². The summed E-state index contributed by atoms with van der Waals surface area (Å²) in [5.74, 6) is 6.49. The fraction of sp³-hybridized carbons (Fsp3) is 0.200. The van der Waals surface area contributed by atoms with Crippen molar-refractivity contribution >= 4 is 39.1 Å². The number of nitrogens with two attached hydrogens (primary N) is 1. The average molecular weight is 390 g/mol. The van der Waals surface area contributed by atoms with Gasteiger partial charge < -0.3 is 4.74 Å². The summed E-state index contributed by atoms with van der Waals surface area (Å²) in [7, 11) is 1.64. The van der Waals surface area contributed by atoms with E-state index in [1.54, 1.807) is 13.2 Å². The maximum atomic E-state index is 6.05. The zero-order valence-electron chi connectivity index (χ0n) is 11.4. The summed E-state index contributed by atoms with van der Waals surface area (Å²) in [5, 5.41) is 1.17. The Morgan fingerprint density at radius 2 is 1.86 bits per heavy atom. The van der Waals surface area contributed by atoms with Gasteiger partial charge >= 0.3 is 0 Å². The van der Waals surface area contributed by atoms with E-state index in [-0.39, 0.29) is 6.04 Å². The smallest absolute Gasteiger partial charge is 0.119 e. The minimum absolute atomic E-state index is 0.107. The van der Waals surface area contributed by atoms with Gasteiger partial charge in [-0.15, -0.1) is 0 Å². The number of ether oxygens (including phenoxy) is 1. The first-order valence-corrected chi connectivity index (χ1v) is 7.83. The van der Waals surface area contributed by atoms with Crippen LogP contribution < -0.4 is 16.0 Å². The molecule has 0 aliphatic carbocycles. The third-order valence-corrected chi connectivity index (χ3v) is 4.38. The summed E-state index contributed by atoms with van der Waals surface area (Å²) in [6, 6.07) is 11.1. The van der Waals surface area contributed by atoms with Crippen LogP contribution in [0.25, 0.3) is 0 Å². The molecule has 0 fully saturated rings. The van der Waals surface area contributed by atoms with Gasteiger partial charge in [-0.25, -0.2) is 0 Å². The second-order valence-corrected chi connectivity index (χ2v) is 6.31. The highest BCUT2D eigenvalue weighted by molar-refractivity contribution is 9.10. The molecule has 112 valence electrons. The Bertz CT molecular complexity index is 617. The van der Waals surface area contributed by atoms with Crippen molar-refractivity contribution in [3.05, 3.63) is 62.0 Å². The maximum absolute atomic E-state index is 6.05. The third-order valence-electron chi connectivity index (χ3n) is 3.17. The van der Waals surface area contributed by atoms with E-state index in [0.29, 0.717) is 16.5 Å². The number of hydrazine groups is 1. The first-order valence-electron chi connectivity index (χ1n) is 6.28. The monoisotopic (exact) mass is 388 g/mol. The number of hydrogen-bond donors (Lipinski definition) is 2. The Labute approximate surface area is 142 Å². The summed E-state index contributed by atoms with van der Waals surface area (Å²) < 4.78 is 6.25. The van der Waals surface area contributed by atoms with Crippen molar-refractivity contribution in [2.24, 2.45) is 5.84 Å². The van der Waals surface area contributed by atoms with Crippen molar-refractivity contribution in [3.8, 4) is 5.75 Å². The number of halogens is 3. The van der Waals surface area contributed by atoms with Crippen LogP contribution in [0.3, 0.4) is 0 Å². The van der Waals surface area contributed by atoms with Gasteiger partial charge in [0.25, 0.3) is 0 Å². The first kappa shape index (κ1) is 16.6. The number of benzene rings is 2. The molecule has 0 aromatic heterocycles. The summed E-state index contributed by atoms with van der Waals surface area (Å²) >= 11 is 15.6. The number of hydrogen-bond acceptors (Lipinski definition) is 3. The van der Waals surface area contributed by atoms with Crippen LogP contribution in [-0.2, 0) is 6.42 Å². The lowest BCUT2D eigenvalue weighted by Gasteiger charge is -2.18. The fourth-order valence-corrected chi connectivity index (χ4v) is 3.06. The van der Waals surface area contributed by atoms with Crippen LogP contribution in [-0.4, -0.2) is 7.11 Å². The van der Waals surface area contributed by atoms with Gasteiger partial charge in [-0.3, -0.25) is 11.3 Å². The lowest BCUT2D eigenvalue weighted by Crippen LogP contribution is -2.29. The second kappa shape index (κ2) is 7.47. The molecule has 0 aliphatic heterocycles. The largest absolute Gasteiger partial charge is 0.497 e. The third kappa shape index (κ3) is 4.34. The number of methoxy groups -OCH3 is 1. The molecule has 0 spiro atoms. The molecule has 0 bridgehead atoms. The van der Waals surface area contributed by atoms with Crippen LogP contribution in [0.4, 0.5) is 0 Å². The zero-order valence-corrected chi connectivity index (χ0v) is 14.5. The average Bonchev–Trinajstić information content (AvgIpc) is 2.45. The SMILES string of the molecule is COc1ccc(Br)c(CC(NN)c2cc(Cl)cc(Cl)c2)c1. The Balaban J connectivity index is 2.30. The van der Waals surface area contributed by atoms with Crippen molar-refractivity contribution in [1.29, 1.82) is 0 Å². The summed E-state index contributed by atoms with van der Waals surface area (Å²) in [5.41, 5.74) is 4.82. The first-order chi connectivity index (χ1) is 10.0. The highest BCUT2D eigenvalue weighted by atomic mass is 79.9. The van der Waals surface area contributed by atoms with Crippen LogP contribution in [0.15, 0.2) is 40.9 Å². The molecular weight excluding hydrogens is 375 g/mol. The van der Waals surface area contributed by atoms with Crippen molar-refractivity contribution < 1.29 is 4.74 Å². The number of nitrogens with one attached hydrogen (secondary N) is 1. The topological polar surface area (TPSA) is 47.3 Å². The molecule has 2 aromatic carbocycles. The molecule has 0 heterocycles. The molecule has 0 aliphatic rings. The molecular formula is C15H15BrCl2N2O. The van der Waals surface area contributed by atoms with Gasteiger partial charge in [-0.2, -0.15) is 0 Å². The lowest BCUT2D eigenvalue weighted by molar-refractivity contribution is 0.413. The van der Waals surface area contributed by atoms with Crippen LogP contribution in [0.1, 0.15) is 17.2 Å². The van der Waals surface area contributed by atoms with E-state index >= 15 is 0 Å². The van der Waals surface area contributed by atoms with Crippen molar-refractivity contribution in [2.45, 2.75) is 12.5 Å². The van der Waals surface area contributed by atoms with Gasteiger partial charge in [-0.05, 0) is 53.9 Å². The molecule has 1 atom stereocenters. The Morgan fingerprint density at radius 3 is 2.43 bits per heavy atom. The molecule has 6 heteroatoms. The van der Waals surface area contributed by atoms with Crippen molar-refractivity contribution in [1.82, 2.24) is 5.43 Å². The van der Waals surface area contributed by atoms with Crippen LogP contribution in [0.5, 0.6) is 5.75 Å². The summed E-state index contributed by atoms with van der Waals surface area (Å²) in [4.78, 5) is 0. The molecule has 1 unspecified atom stereocenters. The number of rotatable bonds is 5. The molecule has 0 saturated carbocycles. The van der Waals surface area contributed by atoms with Crippen LogP contribution in [0, 0.1) is 0 Å². The maximum Gasteiger partial charge on any atom is 0.119 e. The normalized spacial score (nSPS) is 12.2. The highest BCUT2D eigenvalue weighted by Gasteiger charge is 2.14. The van der Waals surface area contributed by atoms with E-state index < -0.39 is 0 Å². The van der Waals surface area contributed by atoms with Crippen molar-refractivity contribution in [3.63, 3.8) is 0 Å². The minimum Gasteiger partial charge on any atom is -0.497 e. The Morgan fingerprint density at radius 1 is 1.19 bits per heavy atom. The highest BCUT2D eigenvalue weighted by Crippen LogP contribution is 2.29.